The first-order valence-corrected chi connectivity index (χ1v) is 7.11. The van der Waals surface area contributed by atoms with E-state index in [2.05, 4.69) is 21.2 Å². The largest absolute Gasteiger partial charge is 0.480 e. The fourth-order valence-electron chi connectivity index (χ4n) is 1.61. The summed E-state index contributed by atoms with van der Waals surface area (Å²) in [6, 6.07) is 5.12. The van der Waals surface area contributed by atoms with E-state index in [0.717, 1.165) is 22.9 Å². The third kappa shape index (κ3) is 4.96. The standard InChI is InChI=1S/C13H17BrClNO2/c1-2-3-4-12(13(17)18)16-8-9-5-6-10(14)11(15)7-9/h5-7,12,16H,2-4,8H2,1H3,(H,17,18). The maximum Gasteiger partial charge on any atom is 0.320 e. The number of carboxylic acid groups (broad SMARTS) is 1. The molecular formula is C13H17BrClNO2. The van der Waals surface area contributed by atoms with Gasteiger partial charge in [-0.05, 0) is 40.0 Å². The molecule has 0 bridgehead atoms. The van der Waals surface area contributed by atoms with Crippen LogP contribution in [0, 0.1) is 0 Å². The zero-order chi connectivity index (χ0) is 13.5. The van der Waals surface area contributed by atoms with Crippen molar-refractivity contribution < 1.29 is 9.90 Å². The fraction of sp³-hybridized carbons (Fsp3) is 0.462. The second kappa shape index (κ2) is 7.77. The SMILES string of the molecule is CCCCC(NCc1ccc(Br)c(Cl)c1)C(=O)O. The number of carbonyl (C=O) groups is 1. The van der Waals surface area contributed by atoms with E-state index in [0.29, 0.717) is 18.0 Å². The normalized spacial score (nSPS) is 12.4. The highest BCUT2D eigenvalue weighted by atomic mass is 79.9. The Morgan fingerprint density at radius 2 is 2.28 bits per heavy atom. The van der Waals surface area contributed by atoms with Gasteiger partial charge in [-0.3, -0.25) is 4.79 Å². The van der Waals surface area contributed by atoms with Gasteiger partial charge in [-0.1, -0.05) is 37.4 Å². The van der Waals surface area contributed by atoms with Gasteiger partial charge in [0.05, 0.1) is 5.02 Å². The average Bonchev–Trinajstić information content (AvgIpc) is 2.33. The molecule has 5 heteroatoms. The molecule has 0 amide bonds. The van der Waals surface area contributed by atoms with E-state index in [9.17, 15) is 4.79 Å². The minimum atomic E-state index is -0.799. The van der Waals surface area contributed by atoms with Crippen LogP contribution >= 0.6 is 27.5 Å². The van der Waals surface area contributed by atoms with E-state index in [1.807, 2.05) is 25.1 Å². The minimum absolute atomic E-state index is 0.493. The smallest absolute Gasteiger partial charge is 0.320 e. The molecule has 100 valence electrons. The Labute approximate surface area is 121 Å². The van der Waals surface area contributed by atoms with Crippen molar-refractivity contribution in [3.63, 3.8) is 0 Å². The molecule has 1 aromatic rings. The number of rotatable bonds is 7. The number of carboxylic acids is 1. The summed E-state index contributed by atoms with van der Waals surface area (Å²) in [4.78, 5) is 11.1. The van der Waals surface area contributed by atoms with Crippen LogP contribution in [0.5, 0.6) is 0 Å². The Hall–Kier alpha value is -0.580. The van der Waals surface area contributed by atoms with Crippen molar-refractivity contribution in [3.8, 4) is 0 Å². The zero-order valence-electron chi connectivity index (χ0n) is 10.2. The van der Waals surface area contributed by atoms with Gasteiger partial charge in [-0.15, -0.1) is 0 Å². The predicted molar refractivity (Wildman–Crippen MR) is 76.9 cm³/mol. The maximum atomic E-state index is 11.1. The molecule has 0 aliphatic rings. The molecule has 1 atom stereocenters. The van der Waals surface area contributed by atoms with Gasteiger partial charge >= 0.3 is 5.97 Å². The maximum absolute atomic E-state index is 11.1. The van der Waals surface area contributed by atoms with Crippen LogP contribution in [0.3, 0.4) is 0 Å². The molecule has 1 unspecified atom stereocenters. The molecule has 0 aromatic heterocycles. The van der Waals surface area contributed by atoms with Gasteiger partial charge in [-0.25, -0.2) is 0 Å². The zero-order valence-corrected chi connectivity index (χ0v) is 12.6. The molecule has 0 saturated carbocycles. The van der Waals surface area contributed by atoms with Crippen LogP contribution in [0.4, 0.5) is 0 Å². The Bertz CT molecular complexity index is 412. The summed E-state index contributed by atoms with van der Waals surface area (Å²) < 4.78 is 0.841. The summed E-state index contributed by atoms with van der Waals surface area (Å²) in [7, 11) is 0. The van der Waals surface area contributed by atoms with Gasteiger partial charge < -0.3 is 10.4 Å². The molecule has 3 nitrogen and oxygen atoms in total. The van der Waals surface area contributed by atoms with Crippen LogP contribution in [0.25, 0.3) is 0 Å². The quantitative estimate of drug-likeness (QED) is 0.796. The molecule has 0 radical (unpaired) electrons. The topological polar surface area (TPSA) is 49.3 Å². The first-order valence-electron chi connectivity index (χ1n) is 5.94. The second-order valence-electron chi connectivity index (χ2n) is 4.16. The summed E-state index contributed by atoms with van der Waals surface area (Å²) in [6.07, 6.45) is 2.55. The van der Waals surface area contributed by atoms with Crippen molar-refractivity contribution in [2.45, 2.75) is 38.8 Å². The van der Waals surface area contributed by atoms with Gasteiger partial charge in [0, 0.05) is 11.0 Å². The molecule has 1 rings (SSSR count). The molecule has 0 heterocycles. The van der Waals surface area contributed by atoms with Crippen molar-refractivity contribution in [1.82, 2.24) is 5.32 Å². The van der Waals surface area contributed by atoms with Gasteiger partial charge in [0.2, 0.25) is 0 Å². The van der Waals surface area contributed by atoms with Crippen molar-refractivity contribution >= 4 is 33.5 Å². The van der Waals surface area contributed by atoms with E-state index in [4.69, 9.17) is 16.7 Å². The highest BCUT2D eigenvalue weighted by molar-refractivity contribution is 9.10. The summed E-state index contributed by atoms with van der Waals surface area (Å²) in [6.45, 7) is 2.56. The molecular weight excluding hydrogens is 318 g/mol. The second-order valence-corrected chi connectivity index (χ2v) is 5.42. The van der Waals surface area contributed by atoms with Gasteiger partial charge in [0.25, 0.3) is 0 Å². The number of halogens is 2. The summed E-state index contributed by atoms with van der Waals surface area (Å²) in [5.74, 6) is -0.799. The molecule has 18 heavy (non-hydrogen) atoms. The molecule has 0 spiro atoms. The molecule has 0 aliphatic heterocycles. The third-order valence-electron chi connectivity index (χ3n) is 2.68. The number of nitrogens with one attached hydrogen (secondary N) is 1. The van der Waals surface area contributed by atoms with Crippen molar-refractivity contribution in [2.24, 2.45) is 0 Å². The Kier molecular flexibility index (Phi) is 6.68. The average molecular weight is 335 g/mol. The van der Waals surface area contributed by atoms with Crippen molar-refractivity contribution in [2.75, 3.05) is 0 Å². The monoisotopic (exact) mass is 333 g/mol. The third-order valence-corrected chi connectivity index (χ3v) is 3.91. The minimum Gasteiger partial charge on any atom is -0.480 e. The van der Waals surface area contributed by atoms with Crippen molar-refractivity contribution in [1.29, 1.82) is 0 Å². The van der Waals surface area contributed by atoms with E-state index >= 15 is 0 Å². The Balaban J connectivity index is 2.55. The first kappa shape index (κ1) is 15.5. The molecule has 1 aromatic carbocycles. The molecule has 0 fully saturated rings. The number of unbranched alkanes of at least 4 members (excludes halogenated alkanes) is 1. The van der Waals surface area contributed by atoms with Gasteiger partial charge in [-0.2, -0.15) is 0 Å². The summed E-state index contributed by atoms with van der Waals surface area (Å²) in [5.41, 5.74) is 0.978. The van der Waals surface area contributed by atoms with Crippen molar-refractivity contribution in [3.05, 3.63) is 33.3 Å². The lowest BCUT2D eigenvalue weighted by Crippen LogP contribution is -2.36. The van der Waals surface area contributed by atoms with E-state index < -0.39 is 12.0 Å². The van der Waals surface area contributed by atoms with Crippen LogP contribution in [-0.4, -0.2) is 17.1 Å². The summed E-state index contributed by atoms with van der Waals surface area (Å²) >= 11 is 9.30. The number of hydrogen-bond acceptors (Lipinski definition) is 2. The van der Waals surface area contributed by atoms with E-state index in [1.165, 1.54) is 0 Å². The first-order chi connectivity index (χ1) is 8.54. The summed E-state index contributed by atoms with van der Waals surface area (Å²) in [5, 5.41) is 12.8. The van der Waals surface area contributed by atoms with Crippen LogP contribution in [0.1, 0.15) is 31.7 Å². The highest BCUT2D eigenvalue weighted by Gasteiger charge is 2.15. The highest BCUT2D eigenvalue weighted by Crippen LogP contribution is 2.23. The van der Waals surface area contributed by atoms with Crippen LogP contribution in [0.15, 0.2) is 22.7 Å². The lowest BCUT2D eigenvalue weighted by Gasteiger charge is -2.14. The Morgan fingerprint density at radius 1 is 1.56 bits per heavy atom. The van der Waals surface area contributed by atoms with Gasteiger partial charge in [0.1, 0.15) is 6.04 Å². The molecule has 0 saturated heterocycles. The van der Waals surface area contributed by atoms with Gasteiger partial charge in [0.15, 0.2) is 0 Å². The van der Waals surface area contributed by atoms with Crippen LogP contribution in [0.2, 0.25) is 5.02 Å². The van der Waals surface area contributed by atoms with Crippen LogP contribution < -0.4 is 5.32 Å². The number of benzene rings is 1. The molecule has 0 aliphatic carbocycles. The fourth-order valence-corrected chi connectivity index (χ4v) is 2.06. The molecule has 2 N–H and O–H groups in total. The lowest BCUT2D eigenvalue weighted by atomic mass is 10.1. The van der Waals surface area contributed by atoms with E-state index in [-0.39, 0.29) is 0 Å². The lowest BCUT2D eigenvalue weighted by molar-refractivity contribution is -0.139. The number of hydrogen-bond donors (Lipinski definition) is 2. The number of aliphatic carboxylic acids is 1. The Morgan fingerprint density at radius 3 is 2.83 bits per heavy atom. The predicted octanol–water partition coefficient (Wildman–Crippen LogP) is 3.84. The van der Waals surface area contributed by atoms with E-state index in [1.54, 1.807) is 0 Å². The van der Waals surface area contributed by atoms with Crippen LogP contribution in [-0.2, 0) is 11.3 Å².